The lowest BCUT2D eigenvalue weighted by Crippen LogP contribution is -2.43. The van der Waals surface area contributed by atoms with Gasteiger partial charge in [-0.15, -0.1) is 0 Å². The number of halogens is 1. The van der Waals surface area contributed by atoms with Gasteiger partial charge in [0.25, 0.3) is 11.8 Å². The van der Waals surface area contributed by atoms with Gasteiger partial charge in [0.1, 0.15) is 5.75 Å². The second kappa shape index (κ2) is 12.3. The Balaban J connectivity index is 1.30. The molecule has 3 aliphatic rings. The fourth-order valence-corrected chi connectivity index (χ4v) is 5.79. The predicted molar refractivity (Wildman–Crippen MR) is 147 cm³/mol. The van der Waals surface area contributed by atoms with E-state index in [1.54, 1.807) is 15.9 Å². The number of aliphatic imine (C=N–C) groups is 1. The molecule has 3 fully saturated rings. The molecule has 194 valence electrons. The number of hydrogen-bond acceptors (Lipinski definition) is 7. The number of carbonyl (C=O) groups excluding carboxylic acids is 2. The monoisotopic (exact) mass is 585 g/mol. The van der Waals surface area contributed by atoms with Gasteiger partial charge in [-0.3, -0.25) is 14.5 Å². The van der Waals surface area contributed by atoms with Gasteiger partial charge in [-0.1, -0.05) is 24.3 Å². The van der Waals surface area contributed by atoms with E-state index < -0.39 is 0 Å². The molecule has 0 radical (unpaired) electrons. The molecule has 2 aromatic carbocycles. The first-order valence-corrected chi connectivity index (χ1v) is 13.9. The van der Waals surface area contributed by atoms with E-state index in [1.165, 1.54) is 11.8 Å². The summed E-state index contributed by atoms with van der Waals surface area (Å²) in [6, 6.07) is 15.2. The Hall–Kier alpha value is -2.66. The Morgan fingerprint density at radius 1 is 1.16 bits per heavy atom. The van der Waals surface area contributed by atoms with Crippen LogP contribution in [-0.4, -0.2) is 78.9 Å². The van der Waals surface area contributed by atoms with Gasteiger partial charge in [0.15, 0.2) is 11.8 Å². The van der Waals surface area contributed by atoms with E-state index in [-0.39, 0.29) is 24.5 Å². The highest BCUT2D eigenvalue weighted by Crippen LogP contribution is 2.36. The van der Waals surface area contributed by atoms with Crippen molar-refractivity contribution in [1.82, 2.24) is 9.80 Å². The summed E-state index contributed by atoms with van der Waals surface area (Å²) < 4.78 is 17.6. The molecule has 10 heteroatoms. The van der Waals surface area contributed by atoms with Gasteiger partial charge >= 0.3 is 0 Å². The SMILES string of the molecule is O=C(COc1ccc(/C=C2\SC(=Nc3ccccc3)N(C[C@@H]3CCCO3)C2=O)cc1Br)N1CCOCC1. The van der Waals surface area contributed by atoms with Crippen molar-refractivity contribution in [2.24, 2.45) is 4.99 Å². The van der Waals surface area contributed by atoms with E-state index in [0.29, 0.717) is 53.1 Å². The van der Waals surface area contributed by atoms with Gasteiger partial charge in [-0.25, -0.2) is 4.99 Å². The minimum absolute atomic E-state index is 0.0237. The summed E-state index contributed by atoms with van der Waals surface area (Å²) in [7, 11) is 0. The molecule has 0 aromatic heterocycles. The van der Waals surface area contributed by atoms with Crippen LogP contribution in [0.25, 0.3) is 6.08 Å². The number of para-hydroxylation sites is 1. The number of rotatable bonds is 7. The van der Waals surface area contributed by atoms with Gasteiger partial charge in [-0.05, 0) is 76.4 Å². The van der Waals surface area contributed by atoms with E-state index in [0.717, 1.165) is 30.7 Å². The third-order valence-corrected chi connectivity index (χ3v) is 7.87. The molecule has 3 heterocycles. The summed E-state index contributed by atoms with van der Waals surface area (Å²) in [4.78, 5) is 34.6. The number of morpholine rings is 1. The minimum atomic E-state index is -0.0808. The molecule has 3 aliphatic heterocycles. The Morgan fingerprint density at radius 3 is 2.70 bits per heavy atom. The van der Waals surface area contributed by atoms with Crippen molar-refractivity contribution in [3.63, 3.8) is 0 Å². The Kier molecular flexibility index (Phi) is 8.60. The van der Waals surface area contributed by atoms with Crippen LogP contribution < -0.4 is 4.74 Å². The smallest absolute Gasteiger partial charge is 0.266 e. The van der Waals surface area contributed by atoms with Crippen LogP contribution in [-0.2, 0) is 19.1 Å². The van der Waals surface area contributed by atoms with Gasteiger partial charge in [0, 0.05) is 19.7 Å². The van der Waals surface area contributed by atoms with Crippen molar-refractivity contribution in [3.8, 4) is 5.75 Å². The Morgan fingerprint density at radius 2 is 1.97 bits per heavy atom. The molecule has 0 N–H and O–H groups in total. The number of nitrogens with zero attached hydrogens (tertiary/aromatic N) is 3. The van der Waals surface area contributed by atoms with Crippen LogP contribution in [0.3, 0.4) is 0 Å². The maximum absolute atomic E-state index is 13.4. The lowest BCUT2D eigenvalue weighted by Gasteiger charge is -2.26. The molecule has 2 aromatic rings. The van der Waals surface area contributed by atoms with Crippen molar-refractivity contribution in [2.45, 2.75) is 18.9 Å². The molecule has 8 nitrogen and oxygen atoms in total. The molecular weight excluding hydrogens is 558 g/mol. The third-order valence-electron chi connectivity index (χ3n) is 6.25. The summed E-state index contributed by atoms with van der Waals surface area (Å²) in [6.45, 7) is 3.46. The van der Waals surface area contributed by atoms with Crippen LogP contribution in [0.2, 0.25) is 0 Å². The predicted octanol–water partition coefficient (Wildman–Crippen LogP) is 4.47. The van der Waals surface area contributed by atoms with E-state index in [2.05, 4.69) is 15.9 Å². The van der Waals surface area contributed by atoms with E-state index in [4.69, 9.17) is 19.2 Å². The zero-order chi connectivity index (χ0) is 25.6. The van der Waals surface area contributed by atoms with Gasteiger partial charge in [-0.2, -0.15) is 0 Å². The van der Waals surface area contributed by atoms with Gasteiger partial charge < -0.3 is 19.1 Å². The maximum Gasteiger partial charge on any atom is 0.266 e. The lowest BCUT2D eigenvalue weighted by atomic mass is 10.2. The van der Waals surface area contributed by atoms with Gasteiger partial charge in [0.05, 0.1) is 40.9 Å². The van der Waals surface area contributed by atoms with Crippen molar-refractivity contribution in [1.29, 1.82) is 0 Å². The highest BCUT2D eigenvalue weighted by Gasteiger charge is 2.36. The number of carbonyl (C=O) groups is 2. The number of thioether (sulfide) groups is 1. The third kappa shape index (κ3) is 6.62. The Bertz CT molecular complexity index is 1190. The largest absolute Gasteiger partial charge is 0.483 e. The molecule has 0 bridgehead atoms. The van der Waals surface area contributed by atoms with E-state index in [9.17, 15) is 9.59 Å². The molecule has 0 saturated carbocycles. The zero-order valence-corrected chi connectivity index (χ0v) is 22.7. The quantitative estimate of drug-likeness (QED) is 0.446. The summed E-state index contributed by atoms with van der Waals surface area (Å²) in [6.07, 6.45) is 3.83. The first kappa shape index (κ1) is 26.0. The molecule has 5 rings (SSSR count). The minimum Gasteiger partial charge on any atom is -0.483 e. The topological polar surface area (TPSA) is 80.7 Å². The van der Waals surface area contributed by atoms with Crippen LogP contribution in [0, 0.1) is 0 Å². The first-order chi connectivity index (χ1) is 18.1. The van der Waals surface area contributed by atoms with Crippen molar-refractivity contribution < 1.29 is 23.8 Å². The van der Waals surface area contributed by atoms with Crippen LogP contribution in [0.4, 0.5) is 5.69 Å². The standard InChI is InChI=1S/C27H28BrN3O5S/c28-22-15-19(8-9-23(22)36-18-25(32)30-10-13-34-14-11-30)16-24-26(33)31(17-21-7-4-12-35-21)27(37-24)29-20-5-2-1-3-6-20/h1-3,5-6,8-9,15-16,21H,4,7,10-14,17-18H2/b24-16-,29-27?/t21-/m0/s1. The summed E-state index contributed by atoms with van der Waals surface area (Å²) in [5.41, 5.74) is 1.64. The van der Waals surface area contributed by atoms with Crippen molar-refractivity contribution in [3.05, 3.63) is 63.5 Å². The van der Waals surface area contributed by atoms with Crippen LogP contribution in [0.5, 0.6) is 5.75 Å². The lowest BCUT2D eigenvalue weighted by molar-refractivity contribution is -0.137. The summed E-state index contributed by atoms with van der Waals surface area (Å²) >= 11 is 4.91. The molecule has 0 unspecified atom stereocenters. The molecular formula is C27H28BrN3O5S. The van der Waals surface area contributed by atoms with Crippen molar-refractivity contribution in [2.75, 3.05) is 46.1 Å². The van der Waals surface area contributed by atoms with Crippen LogP contribution >= 0.6 is 27.7 Å². The number of amidine groups is 1. The van der Waals surface area contributed by atoms with E-state index in [1.807, 2.05) is 48.5 Å². The fourth-order valence-electron chi connectivity index (χ4n) is 4.28. The second-order valence-corrected chi connectivity index (χ2v) is 10.7. The molecule has 2 amide bonds. The Labute approximate surface area is 228 Å². The highest BCUT2D eigenvalue weighted by atomic mass is 79.9. The first-order valence-electron chi connectivity index (χ1n) is 12.3. The maximum atomic E-state index is 13.4. The van der Waals surface area contributed by atoms with Crippen molar-refractivity contribution >= 4 is 56.4 Å². The number of hydrogen-bond donors (Lipinski definition) is 0. The number of ether oxygens (including phenoxy) is 3. The highest BCUT2D eigenvalue weighted by molar-refractivity contribution is 9.10. The molecule has 37 heavy (non-hydrogen) atoms. The molecule has 0 aliphatic carbocycles. The van der Waals surface area contributed by atoms with E-state index >= 15 is 0 Å². The average Bonchev–Trinajstić information content (AvgIpc) is 3.53. The molecule has 0 spiro atoms. The average molecular weight is 587 g/mol. The summed E-state index contributed by atoms with van der Waals surface area (Å²) in [5, 5.41) is 0.651. The molecule has 1 atom stereocenters. The normalized spacial score (nSPS) is 22.3. The number of amides is 2. The molecule has 3 saturated heterocycles. The zero-order valence-electron chi connectivity index (χ0n) is 20.3. The van der Waals surface area contributed by atoms with Crippen LogP contribution in [0.15, 0.2) is 62.9 Å². The second-order valence-electron chi connectivity index (χ2n) is 8.86. The van der Waals surface area contributed by atoms with Gasteiger partial charge in [0.2, 0.25) is 0 Å². The van der Waals surface area contributed by atoms with Crippen LogP contribution in [0.1, 0.15) is 18.4 Å². The fraction of sp³-hybridized carbons (Fsp3) is 0.370. The number of benzene rings is 2. The summed E-state index contributed by atoms with van der Waals surface area (Å²) in [5.74, 6) is 0.425.